The van der Waals surface area contributed by atoms with Crippen molar-refractivity contribution < 1.29 is 9.47 Å². The Kier molecular flexibility index (Phi) is 5.30. The Labute approximate surface area is 146 Å². The van der Waals surface area contributed by atoms with Gasteiger partial charge in [0, 0.05) is 70.7 Å². The van der Waals surface area contributed by atoms with Gasteiger partial charge in [-0.05, 0) is 5.56 Å². The monoisotopic (exact) mass is 332 g/mol. The van der Waals surface area contributed by atoms with E-state index < -0.39 is 0 Å². The molecule has 0 N–H and O–H groups in total. The molecule has 0 aliphatic carbocycles. The summed E-state index contributed by atoms with van der Waals surface area (Å²) in [6.07, 6.45) is 0.855. The summed E-state index contributed by atoms with van der Waals surface area (Å²) in [4.78, 5) is 5.24. The molecule has 2 aliphatic rings. The molecule has 0 saturated carbocycles. The minimum atomic E-state index is -0.0827. The lowest BCUT2D eigenvalue weighted by Gasteiger charge is -2.31. The molecule has 4 heteroatoms. The van der Waals surface area contributed by atoms with E-state index in [1.807, 2.05) is 0 Å². The van der Waals surface area contributed by atoms with E-state index >= 15 is 0 Å². The average molecular weight is 332 g/mol. The zero-order valence-electron chi connectivity index (χ0n) is 15.6. The molecule has 2 unspecified atom stereocenters. The smallest absolute Gasteiger partial charge is 0.158 e. The van der Waals surface area contributed by atoms with Gasteiger partial charge < -0.3 is 14.4 Å². The summed E-state index contributed by atoms with van der Waals surface area (Å²) in [5, 5.41) is 0. The van der Waals surface area contributed by atoms with Crippen LogP contribution in [0.25, 0.3) is 0 Å². The molecular weight excluding hydrogens is 300 g/mol. The number of rotatable bonds is 7. The molecule has 2 aliphatic heterocycles. The maximum Gasteiger partial charge on any atom is 0.158 e. The van der Waals surface area contributed by atoms with Crippen molar-refractivity contribution in [1.82, 2.24) is 9.80 Å². The summed E-state index contributed by atoms with van der Waals surface area (Å²) in [6.45, 7) is 11.8. The van der Waals surface area contributed by atoms with Crippen LogP contribution in [-0.2, 0) is 16.0 Å². The van der Waals surface area contributed by atoms with Gasteiger partial charge in [0.25, 0.3) is 0 Å². The Morgan fingerprint density at radius 2 is 1.46 bits per heavy atom. The number of likely N-dealkylation sites (tertiary alicyclic amines) is 2. The van der Waals surface area contributed by atoms with E-state index in [0.29, 0.717) is 10.8 Å². The lowest BCUT2D eigenvalue weighted by molar-refractivity contribution is -0.109. The van der Waals surface area contributed by atoms with Gasteiger partial charge in [0.05, 0.1) is 0 Å². The molecular formula is C20H32N2O2. The number of methoxy groups -OCH3 is 2. The van der Waals surface area contributed by atoms with Crippen LogP contribution >= 0.6 is 0 Å². The van der Waals surface area contributed by atoms with Gasteiger partial charge in [-0.1, -0.05) is 44.2 Å². The molecule has 1 aromatic carbocycles. The molecule has 0 bridgehead atoms. The second kappa shape index (κ2) is 7.12. The van der Waals surface area contributed by atoms with Crippen molar-refractivity contribution in [2.45, 2.75) is 33.1 Å². The third kappa shape index (κ3) is 3.52. The topological polar surface area (TPSA) is 24.9 Å². The van der Waals surface area contributed by atoms with Crippen LogP contribution in [0.3, 0.4) is 0 Å². The van der Waals surface area contributed by atoms with E-state index in [9.17, 15) is 0 Å². The summed E-state index contributed by atoms with van der Waals surface area (Å²) >= 11 is 0. The molecule has 0 aromatic heterocycles. The van der Waals surface area contributed by atoms with E-state index in [4.69, 9.17) is 9.47 Å². The van der Waals surface area contributed by atoms with E-state index in [1.54, 1.807) is 14.2 Å². The van der Waals surface area contributed by atoms with Gasteiger partial charge in [0.2, 0.25) is 0 Å². The Balaban J connectivity index is 1.57. The van der Waals surface area contributed by atoms with Crippen LogP contribution in [0.5, 0.6) is 0 Å². The van der Waals surface area contributed by atoms with Crippen LogP contribution in [0.1, 0.15) is 25.8 Å². The van der Waals surface area contributed by atoms with Crippen LogP contribution in [0, 0.1) is 10.8 Å². The summed E-state index contributed by atoms with van der Waals surface area (Å²) in [7, 11) is 3.44. The maximum atomic E-state index is 5.33. The lowest BCUT2D eigenvalue weighted by atomic mass is 9.71. The fraction of sp³-hybridized carbons (Fsp3) is 0.700. The number of ether oxygens (including phenoxy) is 2. The Morgan fingerprint density at radius 1 is 0.917 bits per heavy atom. The third-order valence-corrected chi connectivity index (χ3v) is 6.20. The zero-order chi connectivity index (χ0) is 17.2. The second-order valence-electron chi connectivity index (χ2n) is 8.15. The molecule has 24 heavy (non-hydrogen) atoms. The minimum Gasteiger partial charge on any atom is -0.356 e. The van der Waals surface area contributed by atoms with Crippen molar-refractivity contribution in [3.8, 4) is 0 Å². The number of nitrogens with zero attached hydrogens (tertiary/aromatic N) is 2. The van der Waals surface area contributed by atoms with Crippen LogP contribution in [0.15, 0.2) is 30.3 Å². The molecule has 0 radical (unpaired) electrons. The molecule has 2 saturated heterocycles. The third-order valence-electron chi connectivity index (χ3n) is 6.20. The fourth-order valence-corrected chi connectivity index (χ4v) is 4.68. The number of hydrogen-bond donors (Lipinski definition) is 0. The highest BCUT2D eigenvalue weighted by molar-refractivity contribution is 5.16. The van der Waals surface area contributed by atoms with Gasteiger partial charge in [-0.3, -0.25) is 4.90 Å². The molecule has 4 nitrogen and oxygen atoms in total. The first-order valence-electron chi connectivity index (χ1n) is 9.02. The lowest BCUT2D eigenvalue weighted by Crippen LogP contribution is -2.34. The summed E-state index contributed by atoms with van der Waals surface area (Å²) in [6, 6.07) is 10.8. The number of hydrogen-bond acceptors (Lipinski definition) is 4. The summed E-state index contributed by atoms with van der Waals surface area (Å²) in [5.74, 6) is 0. The van der Waals surface area contributed by atoms with Crippen LogP contribution < -0.4 is 0 Å². The fourth-order valence-electron chi connectivity index (χ4n) is 4.68. The highest BCUT2D eigenvalue weighted by Gasteiger charge is 2.56. The first-order valence-corrected chi connectivity index (χ1v) is 9.02. The summed E-state index contributed by atoms with van der Waals surface area (Å²) < 4.78 is 10.7. The van der Waals surface area contributed by atoms with E-state index in [2.05, 4.69) is 54.0 Å². The molecule has 1 aromatic rings. The summed E-state index contributed by atoms with van der Waals surface area (Å²) in [5.41, 5.74) is 2.17. The highest BCUT2D eigenvalue weighted by Crippen LogP contribution is 2.51. The zero-order valence-corrected chi connectivity index (χ0v) is 15.6. The molecule has 134 valence electrons. The van der Waals surface area contributed by atoms with Crippen molar-refractivity contribution in [3.05, 3.63) is 35.9 Å². The van der Waals surface area contributed by atoms with Crippen molar-refractivity contribution >= 4 is 0 Å². The van der Waals surface area contributed by atoms with Crippen molar-refractivity contribution in [3.63, 3.8) is 0 Å². The Bertz CT molecular complexity index is 514. The van der Waals surface area contributed by atoms with Crippen molar-refractivity contribution in [2.75, 3.05) is 46.9 Å². The van der Waals surface area contributed by atoms with Crippen molar-refractivity contribution in [2.24, 2.45) is 10.8 Å². The quantitative estimate of drug-likeness (QED) is 0.717. The molecule has 2 fully saturated rings. The molecule has 3 rings (SSSR count). The van der Waals surface area contributed by atoms with E-state index in [1.165, 1.54) is 31.7 Å². The first kappa shape index (κ1) is 17.9. The first-order chi connectivity index (χ1) is 11.5. The maximum absolute atomic E-state index is 5.33. The molecule has 0 spiro atoms. The van der Waals surface area contributed by atoms with Crippen LogP contribution in [0.4, 0.5) is 0 Å². The Morgan fingerprint density at radius 3 is 2.00 bits per heavy atom. The van der Waals surface area contributed by atoms with Gasteiger partial charge in [-0.25, -0.2) is 0 Å². The predicted molar refractivity (Wildman–Crippen MR) is 96.8 cm³/mol. The minimum absolute atomic E-state index is 0.0827. The second-order valence-corrected chi connectivity index (χ2v) is 8.15. The van der Waals surface area contributed by atoms with Gasteiger partial charge in [-0.15, -0.1) is 0 Å². The van der Waals surface area contributed by atoms with Crippen LogP contribution in [0.2, 0.25) is 0 Å². The number of fused-ring (bicyclic) bond motifs is 1. The van der Waals surface area contributed by atoms with Gasteiger partial charge in [0.15, 0.2) is 6.29 Å². The van der Waals surface area contributed by atoms with Gasteiger partial charge in [-0.2, -0.15) is 0 Å². The normalized spacial score (nSPS) is 31.0. The van der Waals surface area contributed by atoms with E-state index in [0.717, 1.165) is 19.5 Å². The average Bonchev–Trinajstić information content (AvgIpc) is 2.92. The van der Waals surface area contributed by atoms with Crippen LogP contribution in [-0.4, -0.2) is 63.0 Å². The standard InChI is InChI=1S/C20H32N2O2/c1-19-13-21(11-10-18(23-3)24-4)14-20(19,2)16-22(15-19)12-17-8-6-5-7-9-17/h5-9,18H,10-16H2,1-4H3. The molecule has 2 heterocycles. The highest BCUT2D eigenvalue weighted by atomic mass is 16.7. The number of benzene rings is 1. The van der Waals surface area contributed by atoms with Crippen molar-refractivity contribution in [1.29, 1.82) is 0 Å². The SMILES string of the molecule is COC(CCN1CC2(C)CN(Cc3ccccc3)CC2(C)C1)OC. The largest absolute Gasteiger partial charge is 0.356 e. The van der Waals surface area contributed by atoms with Gasteiger partial charge >= 0.3 is 0 Å². The van der Waals surface area contributed by atoms with E-state index in [-0.39, 0.29) is 6.29 Å². The Hall–Kier alpha value is -0.940. The van der Waals surface area contributed by atoms with Gasteiger partial charge in [0.1, 0.15) is 0 Å². The predicted octanol–water partition coefficient (Wildman–Crippen LogP) is 2.84. The molecule has 0 amide bonds. The molecule has 2 atom stereocenters.